The second-order valence-electron chi connectivity index (χ2n) is 8.75. The molecule has 2 fully saturated rings. The number of ether oxygens (including phenoxy) is 1. The fraction of sp³-hybridized carbons (Fsp3) is 0.750. The maximum absolute atomic E-state index is 12.0. The van der Waals surface area contributed by atoms with Gasteiger partial charge in [0.2, 0.25) is 5.91 Å². The van der Waals surface area contributed by atoms with E-state index in [4.69, 9.17) is 25.6 Å². The van der Waals surface area contributed by atoms with Crippen LogP contribution in [-0.4, -0.2) is 64.2 Å². The second kappa shape index (κ2) is 9.19. The van der Waals surface area contributed by atoms with Gasteiger partial charge in [-0.1, -0.05) is 0 Å². The van der Waals surface area contributed by atoms with E-state index in [1.54, 1.807) is 12.4 Å². The van der Waals surface area contributed by atoms with Crippen molar-refractivity contribution in [1.82, 2.24) is 14.9 Å². The van der Waals surface area contributed by atoms with Crippen molar-refractivity contribution in [3.05, 3.63) is 12.4 Å². The third kappa shape index (κ3) is 5.22. The molecule has 1 atom stereocenters. The number of carbonyl (C=O) groups is 1. The highest BCUT2D eigenvalue weighted by Gasteiger charge is 2.51. The van der Waals surface area contributed by atoms with Gasteiger partial charge in [0.1, 0.15) is 5.88 Å². The quantitative estimate of drug-likeness (QED) is 0.381. The first kappa shape index (κ1) is 22.3. The van der Waals surface area contributed by atoms with Crippen LogP contribution in [0.3, 0.4) is 0 Å². The van der Waals surface area contributed by atoms with Crippen LogP contribution in [0.5, 0.6) is 6.01 Å². The average Bonchev–Trinajstić information content (AvgIpc) is 2.92. The second-order valence-corrected chi connectivity index (χ2v) is 9.02. The Morgan fingerprint density at radius 2 is 1.90 bits per heavy atom. The van der Waals surface area contributed by atoms with Gasteiger partial charge in [-0.25, -0.2) is 9.97 Å². The molecule has 0 aromatic carbocycles. The number of halogens is 1. The molecule has 1 unspecified atom stereocenters. The first-order chi connectivity index (χ1) is 13.7. The van der Waals surface area contributed by atoms with Gasteiger partial charge < -0.3 is 18.9 Å². The largest absolute Gasteiger partial charge is 0.498 e. The Bertz CT molecular complexity index is 685. The van der Waals surface area contributed by atoms with Gasteiger partial charge in [0, 0.05) is 30.4 Å². The maximum Gasteiger partial charge on any atom is 0.498 e. The highest BCUT2D eigenvalue weighted by Crippen LogP contribution is 2.36. The van der Waals surface area contributed by atoms with Gasteiger partial charge >= 0.3 is 13.1 Å². The summed E-state index contributed by atoms with van der Waals surface area (Å²) in [6.45, 7) is 9.37. The SMILES string of the molecule is CC1(C)OB(c2cnc(OCCCC3CCCCN3C(=O)CCl)nc2)OC1(C)C. The van der Waals surface area contributed by atoms with Crippen LogP contribution in [-0.2, 0) is 14.1 Å². The van der Waals surface area contributed by atoms with Gasteiger partial charge in [-0.3, -0.25) is 4.79 Å². The summed E-state index contributed by atoms with van der Waals surface area (Å²) >= 11 is 5.73. The molecule has 160 valence electrons. The van der Waals surface area contributed by atoms with Crippen molar-refractivity contribution < 1.29 is 18.8 Å². The lowest BCUT2D eigenvalue weighted by Crippen LogP contribution is -2.44. The molecule has 0 saturated carbocycles. The number of carbonyl (C=O) groups excluding carboxylic acids is 1. The van der Waals surface area contributed by atoms with E-state index in [1.165, 1.54) is 0 Å². The predicted molar refractivity (Wildman–Crippen MR) is 113 cm³/mol. The van der Waals surface area contributed by atoms with E-state index in [2.05, 4.69) is 9.97 Å². The predicted octanol–water partition coefficient (Wildman–Crippen LogP) is 2.55. The first-order valence-corrected chi connectivity index (χ1v) is 10.9. The minimum absolute atomic E-state index is 0.0268. The van der Waals surface area contributed by atoms with E-state index in [1.807, 2.05) is 32.6 Å². The standard InChI is InChI=1S/C20H31BClN3O4/c1-19(2)20(3,4)29-21(28-19)15-13-23-18(24-14-15)27-11-7-9-16-8-5-6-10-25(16)17(26)12-22/h13-14,16H,5-12H2,1-4H3. The molecular weight excluding hydrogens is 393 g/mol. The number of piperidine rings is 1. The van der Waals surface area contributed by atoms with Gasteiger partial charge in [-0.2, -0.15) is 0 Å². The highest BCUT2D eigenvalue weighted by atomic mass is 35.5. The molecule has 2 saturated heterocycles. The van der Waals surface area contributed by atoms with E-state index in [9.17, 15) is 4.79 Å². The molecule has 29 heavy (non-hydrogen) atoms. The summed E-state index contributed by atoms with van der Waals surface area (Å²) in [5, 5.41) is 0. The fourth-order valence-corrected chi connectivity index (χ4v) is 3.84. The summed E-state index contributed by atoms with van der Waals surface area (Å²) < 4.78 is 17.7. The van der Waals surface area contributed by atoms with Crippen molar-refractivity contribution in [3.63, 3.8) is 0 Å². The van der Waals surface area contributed by atoms with Crippen LogP contribution in [0.4, 0.5) is 0 Å². The van der Waals surface area contributed by atoms with Crippen LogP contribution >= 0.6 is 11.6 Å². The van der Waals surface area contributed by atoms with Gasteiger partial charge in [0.25, 0.3) is 0 Å². The molecule has 0 N–H and O–H groups in total. The van der Waals surface area contributed by atoms with Gasteiger partial charge in [-0.05, 0) is 59.8 Å². The van der Waals surface area contributed by atoms with E-state index >= 15 is 0 Å². The van der Waals surface area contributed by atoms with Gasteiger partial charge in [-0.15, -0.1) is 11.6 Å². The Morgan fingerprint density at radius 3 is 2.52 bits per heavy atom. The normalized spacial score (nSPS) is 23.3. The number of hydrogen-bond acceptors (Lipinski definition) is 6. The Morgan fingerprint density at radius 1 is 1.24 bits per heavy atom. The van der Waals surface area contributed by atoms with E-state index in [0.717, 1.165) is 44.1 Å². The first-order valence-electron chi connectivity index (χ1n) is 10.4. The number of amides is 1. The molecule has 3 heterocycles. The molecule has 7 nitrogen and oxygen atoms in total. The summed E-state index contributed by atoms with van der Waals surface area (Å²) in [4.78, 5) is 22.5. The fourth-order valence-electron chi connectivity index (χ4n) is 3.69. The van der Waals surface area contributed by atoms with Crippen LogP contribution in [0.15, 0.2) is 12.4 Å². The number of nitrogens with zero attached hydrogens (tertiary/aromatic N) is 3. The summed E-state index contributed by atoms with van der Waals surface area (Å²) in [7, 11) is -0.481. The Kier molecular flexibility index (Phi) is 7.07. The molecule has 2 aliphatic rings. The Balaban J connectivity index is 1.46. The zero-order valence-corrected chi connectivity index (χ0v) is 18.6. The van der Waals surface area contributed by atoms with Crippen LogP contribution in [0.2, 0.25) is 0 Å². The minimum Gasteiger partial charge on any atom is -0.463 e. The molecule has 1 aromatic rings. The van der Waals surface area contributed by atoms with Crippen LogP contribution in [0.1, 0.15) is 59.8 Å². The van der Waals surface area contributed by atoms with Crippen LogP contribution < -0.4 is 10.2 Å². The molecule has 3 rings (SSSR count). The number of aromatic nitrogens is 2. The molecule has 9 heteroatoms. The maximum atomic E-state index is 12.0. The van der Waals surface area contributed by atoms with Crippen molar-refractivity contribution in [2.24, 2.45) is 0 Å². The Labute approximate surface area is 178 Å². The number of likely N-dealkylation sites (tertiary alicyclic amines) is 1. The molecular formula is C20H31BClN3O4. The third-order valence-corrected chi connectivity index (χ3v) is 6.38. The lowest BCUT2D eigenvalue weighted by molar-refractivity contribution is -0.132. The summed E-state index contributed by atoms with van der Waals surface area (Å²) in [6, 6.07) is 0.591. The zero-order chi connectivity index (χ0) is 21.1. The van der Waals surface area contributed by atoms with Crippen molar-refractivity contribution in [2.75, 3.05) is 19.0 Å². The number of hydrogen-bond donors (Lipinski definition) is 0. The lowest BCUT2D eigenvalue weighted by atomic mass is 9.81. The summed E-state index contributed by atoms with van der Waals surface area (Å²) in [6.07, 6.45) is 8.34. The van der Waals surface area contributed by atoms with E-state index < -0.39 is 18.3 Å². The van der Waals surface area contributed by atoms with Gasteiger partial charge in [0.05, 0.1) is 17.8 Å². The van der Waals surface area contributed by atoms with Crippen molar-refractivity contribution in [2.45, 2.75) is 77.0 Å². The Hall–Kier alpha value is -1.38. The molecule has 0 spiro atoms. The molecule has 1 aromatic heterocycles. The lowest BCUT2D eigenvalue weighted by Gasteiger charge is -2.35. The molecule has 0 radical (unpaired) electrons. The van der Waals surface area contributed by atoms with Crippen molar-refractivity contribution in [1.29, 1.82) is 0 Å². The van der Waals surface area contributed by atoms with Crippen molar-refractivity contribution >= 4 is 30.1 Å². The zero-order valence-electron chi connectivity index (χ0n) is 17.8. The summed E-state index contributed by atoms with van der Waals surface area (Å²) in [5.74, 6) is 0.0783. The average molecular weight is 424 g/mol. The topological polar surface area (TPSA) is 73.8 Å². The monoisotopic (exact) mass is 423 g/mol. The molecule has 2 aliphatic heterocycles. The highest BCUT2D eigenvalue weighted by molar-refractivity contribution is 6.61. The van der Waals surface area contributed by atoms with E-state index in [0.29, 0.717) is 12.6 Å². The minimum atomic E-state index is -0.481. The molecule has 0 bridgehead atoms. The molecule has 0 aliphatic carbocycles. The third-order valence-electron chi connectivity index (χ3n) is 6.15. The van der Waals surface area contributed by atoms with E-state index in [-0.39, 0.29) is 17.8 Å². The smallest absolute Gasteiger partial charge is 0.463 e. The van der Waals surface area contributed by atoms with Crippen LogP contribution in [0.25, 0.3) is 0 Å². The van der Waals surface area contributed by atoms with Crippen LogP contribution in [0, 0.1) is 0 Å². The van der Waals surface area contributed by atoms with Gasteiger partial charge in [0.15, 0.2) is 0 Å². The number of rotatable bonds is 7. The summed E-state index contributed by atoms with van der Waals surface area (Å²) in [5.41, 5.74) is -0.0246. The molecule has 1 amide bonds. The number of alkyl halides is 1. The van der Waals surface area contributed by atoms with Crippen molar-refractivity contribution in [3.8, 4) is 6.01 Å².